The van der Waals surface area contributed by atoms with Gasteiger partial charge >= 0.3 is 0 Å². The van der Waals surface area contributed by atoms with Crippen LogP contribution in [0.4, 0.5) is 0 Å². The van der Waals surface area contributed by atoms with Crippen molar-refractivity contribution in [3.05, 3.63) is 12.2 Å². The molecule has 0 aliphatic carbocycles. The summed E-state index contributed by atoms with van der Waals surface area (Å²) in [4.78, 5) is 0. The zero-order valence-electron chi connectivity index (χ0n) is 9.03. The van der Waals surface area contributed by atoms with Gasteiger partial charge in [0, 0.05) is 22.0 Å². The molecule has 1 nitrogen and oxygen atoms in total. The van der Waals surface area contributed by atoms with Crippen LogP contribution in [0.3, 0.4) is 0 Å². The molecule has 1 aliphatic rings. The van der Waals surface area contributed by atoms with E-state index in [0.29, 0.717) is 10.5 Å². The van der Waals surface area contributed by atoms with Gasteiger partial charge in [-0.15, -0.1) is 6.58 Å². The summed E-state index contributed by atoms with van der Waals surface area (Å²) in [5.74, 6) is 2.42. The number of hydrogen-bond donors (Lipinski definition) is 1. The molecule has 1 rings (SSSR count). The van der Waals surface area contributed by atoms with Crippen molar-refractivity contribution in [2.75, 3.05) is 11.5 Å². The lowest BCUT2D eigenvalue weighted by Crippen LogP contribution is -2.34. The normalized spacial score (nSPS) is 29.9. The summed E-state index contributed by atoms with van der Waals surface area (Å²) in [7, 11) is 0. The van der Waals surface area contributed by atoms with Crippen molar-refractivity contribution in [2.24, 2.45) is 0 Å². The van der Waals surface area contributed by atoms with Gasteiger partial charge in [0.05, 0.1) is 6.10 Å². The summed E-state index contributed by atoms with van der Waals surface area (Å²) in [6, 6.07) is 0. The fourth-order valence-corrected chi connectivity index (χ4v) is 4.52. The van der Waals surface area contributed by atoms with Crippen LogP contribution in [0.25, 0.3) is 0 Å². The molecule has 1 aliphatic heterocycles. The Morgan fingerprint density at radius 1 is 1.50 bits per heavy atom. The molecule has 0 saturated carbocycles. The van der Waals surface area contributed by atoms with E-state index in [-0.39, 0.29) is 6.10 Å². The third kappa shape index (κ3) is 3.87. The Morgan fingerprint density at radius 2 is 2.14 bits per heavy atom. The SMILES string of the molecule is C=C(C)CCC(O)C1SCCSC1C. The number of rotatable bonds is 4. The van der Waals surface area contributed by atoms with E-state index < -0.39 is 0 Å². The smallest absolute Gasteiger partial charge is 0.0672 e. The van der Waals surface area contributed by atoms with Crippen LogP contribution >= 0.6 is 23.5 Å². The largest absolute Gasteiger partial charge is 0.392 e. The predicted molar refractivity (Wildman–Crippen MR) is 68.2 cm³/mol. The van der Waals surface area contributed by atoms with Crippen molar-refractivity contribution in [1.82, 2.24) is 0 Å². The van der Waals surface area contributed by atoms with Gasteiger partial charge in [0.1, 0.15) is 0 Å². The minimum Gasteiger partial charge on any atom is -0.392 e. The molecule has 0 aromatic rings. The predicted octanol–water partition coefficient (Wildman–Crippen LogP) is 2.94. The van der Waals surface area contributed by atoms with Gasteiger partial charge in [-0.2, -0.15) is 23.5 Å². The Labute approximate surface area is 95.7 Å². The van der Waals surface area contributed by atoms with Crippen LogP contribution in [0.1, 0.15) is 26.7 Å². The molecular formula is C11H20OS2. The van der Waals surface area contributed by atoms with Crippen molar-refractivity contribution >= 4 is 23.5 Å². The summed E-state index contributed by atoms with van der Waals surface area (Å²) < 4.78 is 0. The van der Waals surface area contributed by atoms with Crippen LogP contribution in [0, 0.1) is 0 Å². The van der Waals surface area contributed by atoms with Gasteiger partial charge in [0.15, 0.2) is 0 Å². The highest BCUT2D eigenvalue weighted by atomic mass is 32.2. The van der Waals surface area contributed by atoms with Crippen molar-refractivity contribution in [3.8, 4) is 0 Å². The molecule has 0 spiro atoms. The highest BCUT2D eigenvalue weighted by Gasteiger charge is 2.28. The standard InChI is InChI=1S/C11H20OS2/c1-8(2)4-5-10(12)11-9(3)13-6-7-14-11/h9-12H,1,4-7H2,2-3H3. The van der Waals surface area contributed by atoms with Gasteiger partial charge in [0.25, 0.3) is 0 Å². The maximum Gasteiger partial charge on any atom is 0.0672 e. The van der Waals surface area contributed by atoms with Crippen molar-refractivity contribution < 1.29 is 5.11 Å². The molecule has 0 bridgehead atoms. The fraction of sp³-hybridized carbons (Fsp3) is 0.818. The molecule has 3 unspecified atom stereocenters. The average molecular weight is 232 g/mol. The molecule has 82 valence electrons. The Bertz CT molecular complexity index is 194. The number of aliphatic hydroxyl groups excluding tert-OH is 1. The van der Waals surface area contributed by atoms with Gasteiger partial charge in [-0.25, -0.2) is 0 Å². The lowest BCUT2D eigenvalue weighted by atomic mass is 10.1. The van der Waals surface area contributed by atoms with Crippen LogP contribution in [0.15, 0.2) is 12.2 Å². The minimum atomic E-state index is -0.153. The molecule has 0 aromatic heterocycles. The van der Waals surface area contributed by atoms with Crippen molar-refractivity contribution in [3.63, 3.8) is 0 Å². The molecule has 1 N–H and O–H groups in total. The third-order valence-electron chi connectivity index (χ3n) is 2.48. The zero-order valence-corrected chi connectivity index (χ0v) is 10.7. The second kappa shape index (κ2) is 6.09. The minimum absolute atomic E-state index is 0.153. The maximum absolute atomic E-state index is 10.0. The second-order valence-corrected chi connectivity index (χ2v) is 6.75. The quantitative estimate of drug-likeness (QED) is 0.753. The van der Waals surface area contributed by atoms with E-state index >= 15 is 0 Å². The molecular weight excluding hydrogens is 212 g/mol. The zero-order chi connectivity index (χ0) is 10.6. The number of aliphatic hydroxyl groups is 1. The Hall–Kier alpha value is 0.400. The maximum atomic E-state index is 10.0. The van der Waals surface area contributed by atoms with Gasteiger partial charge in [-0.05, 0) is 19.8 Å². The summed E-state index contributed by atoms with van der Waals surface area (Å²) in [5.41, 5.74) is 1.17. The van der Waals surface area contributed by atoms with Gasteiger partial charge < -0.3 is 5.11 Å². The second-order valence-electron chi connectivity index (χ2n) is 3.97. The van der Waals surface area contributed by atoms with Gasteiger partial charge in [-0.3, -0.25) is 0 Å². The summed E-state index contributed by atoms with van der Waals surface area (Å²) in [6.07, 6.45) is 1.67. The van der Waals surface area contributed by atoms with E-state index in [1.165, 1.54) is 17.1 Å². The van der Waals surface area contributed by atoms with Crippen LogP contribution in [0.2, 0.25) is 0 Å². The summed E-state index contributed by atoms with van der Waals surface area (Å²) >= 11 is 3.92. The lowest BCUT2D eigenvalue weighted by molar-refractivity contribution is 0.161. The first-order valence-electron chi connectivity index (χ1n) is 5.17. The number of hydrogen-bond acceptors (Lipinski definition) is 3. The Kier molecular flexibility index (Phi) is 5.42. The Balaban J connectivity index is 2.34. The first kappa shape index (κ1) is 12.5. The average Bonchev–Trinajstić information content (AvgIpc) is 2.15. The number of allylic oxidation sites excluding steroid dienone is 1. The van der Waals surface area contributed by atoms with E-state index in [4.69, 9.17) is 0 Å². The van der Waals surface area contributed by atoms with Crippen LogP contribution in [0.5, 0.6) is 0 Å². The van der Waals surface area contributed by atoms with E-state index in [0.717, 1.165) is 12.8 Å². The first-order valence-corrected chi connectivity index (χ1v) is 7.26. The van der Waals surface area contributed by atoms with Gasteiger partial charge in [-0.1, -0.05) is 12.5 Å². The monoisotopic (exact) mass is 232 g/mol. The highest BCUT2D eigenvalue weighted by Crippen LogP contribution is 2.34. The van der Waals surface area contributed by atoms with Crippen molar-refractivity contribution in [2.45, 2.75) is 43.3 Å². The molecule has 1 fully saturated rings. The molecule has 14 heavy (non-hydrogen) atoms. The van der Waals surface area contributed by atoms with Crippen molar-refractivity contribution in [1.29, 1.82) is 0 Å². The molecule has 0 radical (unpaired) electrons. The molecule has 3 heteroatoms. The first-order chi connectivity index (χ1) is 6.61. The summed E-state index contributed by atoms with van der Waals surface area (Å²) in [6.45, 7) is 8.12. The van der Waals surface area contributed by atoms with E-state index in [1.54, 1.807) is 0 Å². The highest BCUT2D eigenvalue weighted by molar-refractivity contribution is 8.07. The van der Waals surface area contributed by atoms with E-state index in [1.807, 2.05) is 30.4 Å². The van der Waals surface area contributed by atoms with Crippen LogP contribution in [-0.4, -0.2) is 33.2 Å². The van der Waals surface area contributed by atoms with Crippen LogP contribution < -0.4 is 0 Å². The Morgan fingerprint density at radius 3 is 2.71 bits per heavy atom. The van der Waals surface area contributed by atoms with E-state index in [2.05, 4.69) is 13.5 Å². The third-order valence-corrected chi connectivity index (χ3v) is 5.72. The van der Waals surface area contributed by atoms with E-state index in [9.17, 15) is 5.11 Å². The molecule has 1 heterocycles. The molecule has 0 amide bonds. The fourth-order valence-electron chi connectivity index (χ4n) is 1.63. The molecule has 1 saturated heterocycles. The number of thioether (sulfide) groups is 2. The topological polar surface area (TPSA) is 20.2 Å². The van der Waals surface area contributed by atoms with Crippen LogP contribution in [-0.2, 0) is 0 Å². The lowest BCUT2D eigenvalue weighted by Gasteiger charge is -2.31. The molecule has 0 aromatic carbocycles. The van der Waals surface area contributed by atoms with Gasteiger partial charge in [0.2, 0.25) is 0 Å². The summed E-state index contributed by atoms with van der Waals surface area (Å²) in [5, 5.41) is 11.0. The molecule has 3 atom stereocenters.